The zero-order valence-electron chi connectivity index (χ0n) is 13.7. The van der Waals surface area contributed by atoms with E-state index in [9.17, 15) is 13.0 Å². The fourth-order valence-electron chi connectivity index (χ4n) is 2.43. The Morgan fingerprint density at radius 3 is 2.13 bits per heavy atom. The topological polar surface area (TPSA) is 47.9 Å². The second-order valence-electron chi connectivity index (χ2n) is 7.04. The Morgan fingerprint density at radius 1 is 1.09 bits per heavy atom. The minimum Gasteiger partial charge on any atom is -0.399 e. The molecule has 0 saturated carbocycles. The average Bonchev–Trinajstić information content (AvgIpc) is 2.60. The van der Waals surface area contributed by atoms with Crippen molar-refractivity contribution >= 4 is 28.0 Å². The van der Waals surface area contributed by atoms with Crippen LogP contribution in [0.25, 0.3) is 0 Å². The predicted molar refractivity (Wildman–Crippen MR) is 86.7 cm³/mol. The van der Waals surface area contributed by atoms with Gasteiger partial charge in [0.25, 0.3) is 0 Å². The van der Waals surface area contributed by atoms with E-state index in [1.54, 1.807) is 0 Å². The van der Waals surface area contributed by atoms with Crippen LogP contribution < -0.4 is 5.46 Å². The molecule has 23 heavy (non-hydrogen) atoms. The van der Waals surface area contributed by atoms with Crippen molar-refractivity contribution in [3.05, 3.63) is 23.8 Å². The summed E-state index contributed by atoms with van der Waals surface area (Å²) in [6, 6.07) is 2.00. The van der Waals surface area contributed by atoms with E-state index >= 15 is 0 Å². The first-order valence-electron chi connectivity index (χ1n) is 7.60. The van der Waals surface area contributed by atoms with E-state index in [1.165, 1.54) is 0 Å². The number of halogens is 2. The van der Waals surface area contributed by atoms with Crippen LogP contribution in [-0.2, 0) is 19.0 Å². The molecule has 0 radical (unpaired) electrons. The van der Waals surface area contributed by atoms with Gasteiger partial charge in [0.15, 0.2) is 0 Å². The highest BCUT2D eigenvalue weighted by molar-refractivity contribution is 7.95. The van der Waals surface area contributed by atoms with Crippen molar-refractivity contribution in [3.8, 4) is 0 Å². The summed E-state index contributed by atoms with van der Waals surface area (Å²) >= 11 is 0. The van der Waals surface area contributed by atoms with Crippen molar-refractivity contribution in [2.75, 3.05) is 11.5 Å². The van der Waals surface area contributed by atoms with Crippen LogP contribution in [0.1, 0.15) is 34.1 Å². The van der Waals surface area contributed by atoms with Gasteiger partial charge in [-0.1, -0.05) is 0 Å². The van der Waals surface area contributed by atoms with Crippen molar-refractivity contribution in [1.29, 1.82) is 0 Å². The van der Waals surface area contributed by atoms with Gasteiger partial charge in [0.05, 0.1) is 20.9 Å². The van der Waals surface area contributed by atoms with Gasteiger partial charge >= 0.3 is 7.12 Å². The normalized spacial score (nSPS) is 24.3. The fraction of sp³-hybridized carbons (Fsp3) is 0.600. The molecule has 126 valence electrons. The zero-order valence-corrected chi connectivity index (χ0v) is 14.5. The Kier molecular flexibility index (Phi) is 3.85. The molecule has 0 amide bonds. The molecule has 0 atom stereocenters. The highest BCUT2D eigenvalue weighted by Gasteiger charge is 2.52. The first-order chi connectivity index (χ1) is 10.5. The summed E-state index contributed by atoms with van der Waals surface area (Å²) in [7, 11) is -3.38. The number of hydrogen-bond acceptors (Lipinski definition) is 4. The summed E-state index contributed by atoms with van der Waals surface area (Å²) in [6.07, 6.45) is 0.804. The maximum atomic E-state index is 14.4. The average molecular weight is 343 g/mol. The van der Waals surface area contributed by atoms with E-state index in [1.807, 2.05) is 27.7 Å². The van der Waals surface area contributed by atoms with Crippen molar-refractivity contribution in [2.45, 2.75) is 45.3 Å². The Labute approximate surface area is 135 Å². The second kappa shape index (κ2) is 5.26. The van der Waals surface area contributed by atoms with Gasteiger partial charge in [0, 0.05) is 23.0 Å². The highest BCUT2D eigenvalue weighted by atomic mass is 32.2. The van der Waals surface area contributed by atoms with Gasteiger partial charge in [-0.15, -0.1) is 0 Å². The lowest BCUT2D eigenvalue weighted by molar-refractivity contribution is 0.00578. The standard InChI is InChI=1S/C15H20BF2NO3S/c1-14(2)15(3,4)22-16(21-14)10-8-12(18)13(9-11(10)17)19-23(20)6-5-7-23/h8-9H,5-7H2,1-4H3. The monoisotopic (exact) mass is 343 g/mol. The minimum absolute atomic E-state index is 0.0105. The van der Waals surface area contributed by atoms with E-state index in [4.69, 9.17) is 9.31 Å². The number of nitrogens with zero attached hydrogens (tertiary/aromatic N) is 1. The smallest absolute Gasteiger partial charge is 0.399 e. The van der Waals surface area contributed by atoms with Crippen LogP contribution in [0.15, 0.2) is 16.5 Å². The molecule has 0 unspecified atom stereocenters. The largest absolute Gasteiger partial charge is 0.497 e. The summed E-state index contributed by atoms with van der Waals surface area (Å²) < 4.78 is 56.1. The third kappa shape index (κ3) is 2.92. The quantitative estimate of drug-likeness (QED) is 0.776. The number of rotatable bonds is 2. The predicted octanol–water partition coefficient (Wildman–Crippen LogP) is 2.77. The van der Waals surface area contributed by atoms with Crippen molar-refractivity contribution < 1.29 is 22.3 Å². The maximum Gasteiger partial charge on any atom is 0.497 e. The molecule has 2 aliphatic heterocycles. The molecule has 2 aliphatic rings. The highest BCUT2D eigenvalue weighted by Crippen LogP contribution is 2.37. The molecule has 2 saturated heterocycles. The van der Waals surface area contributed by atoms with Gasteiger partial charge in [0.2, 0.25) is 0 Å². The summed E-state index contributed by atoms with van der Waals surface area (Å²) in [5, 5.41) is 0. The molecule has 0 bridgehead atoms. The van der Waals surface area contributed by atoms with Gasteiger partial charge in [-0.3, -0.25) is 0 Å². The minimum atomic E-state index is -2.39. The van der Waals surface area contributed by atoms with E-state index < -0.39 is 39.7 Å². The Balaban J connectivity index is 1.96. The summed E-state index contributed by atoms with van der Waals surface area (Å²) in [4.78, 5) is 0. The number of benzene rings is 1. The third-order valence-electron chi connectivity index (χ3n) is 4.76. The van der Waals surface area contributed by atoms with Gasteiger partial charge in [-0.25, -0.2) is 13.0 Å². The van der Waals surface area contributed by atoms with Crippen molar-refractivity contribution in [1.82, 2.24) is 0 Å². The van der Waals surface area contributed by atoms with E-state index in [0.717, 1.165) is 18.6 Å². The molecule has 0 aromatic heterocycles. The molecule has 0 aliphatic carbocycles. The first-order valence-corrected chi connectivity index (χ1v) is 9.45. The molecule has 8 heteroatoms. The van der Waals surface area contributed by atoms with E-state index in [2.05, 4.69) is 4.36 Å². The molecule has 4 nitrogen and oxygen atoms in total. The van der Waals surface area contributed by atoms with Gasteiger partial charge < -0.3 is 9.31 Å². The zero-order chi connectivity index (χ0) is 17.0. The molecule has 0 spiro atoms. The molecule has 2 heterocycles. The molecule has 1 aromatic carbocycles. The SMILES string of the molecule is CC1(C)OB(c2cc(F)c(N=S3(=O)CCC3)cc2F)OC1(C)C. The van der Waals surface area contributed by atoms with Crippen molar-refractivity contribution in [2.24, 2.45) is 4.36 Å². The van der Waals surface area contributed by atoms with Gasteiger partial charge in [-0.2, -0.15) is 4.36 Å². The van der Waals surface area contributed by atoms with Crippen LogP contribution in [-0.4, -0.2) is 34.0 Å². The molecule has 1 aromatic rings. The summed E-state index contributed by atoms with van der Waals surface area (Å²) in [6.45, 7) is 7.36. The molecular weight excluding hydrogens is 323 g/mol. The fourth-order valence-corrected chi connectivity index (χ4v) is 3.90. The Morgan fingerprint density at radius 2 is 1.65 bits per heavy atom. The lowest BCUT2D eigenvalue weighted by Gasteiger charge is -2.32. The summed E-state index contributed by atoms with van der Waals surface area (Å²) in [5.74, 6) is -0.517. The molecule has 3 rings (SSSR count). The molecular formula is C15H20BF2NO3S. The first kappa shape index (κ1) is 16.9. The van der Waals surface area contributed by atoms with Gasteiger partial charge in [-0.05, 0) is 40.2 Å². The van der Waals surface area contributed by atoms with Crippen LogP contribution in [0, 0.1) is 11.6 Å². The van der Waals surface area contributed by atoms with Crippen LogP contribution in [0.4, 0.5) is 14.5 Å². The van der Waals surface area contributed by atoms with Crippen LogP contribution in [0.3, 0.4) is 0 Å². The lowest BCUT2D eigenvalue weighted by Crippen LogP contribution is -2.41. The van der Waals surface area contributed by atoms with Crippen LogP contribution in [0.2, 0.25) is 0 Å². The van der Waals surface area contributed by atoms with E-state index in [0.29, 0.717) is 11.5 Å². The van der Waals surface area contributed by atoms with E-state index in [-0.39, 0.29) is 11.2 Å². The Hall–Kier alpha value is -0.985. The number of hydrogen-bond donors (Lipinski definition) is 0. The van der Waals surface area contributed by atoms with Crippen molar-refractivity contribution in [3.63, 3.8) is 0 Å². The van der Waals surface area contributed by atoms with Crippen LogP contribution >= 0.6 is 0 Å². The lowest BCUT2D eigenvalue weighted by atomic mass is 9.78. The molecule has 0 N–H and O–H groups in total. The second-order valence-corrected chi connectivity index (χ2v) is 9.58. The van der Waals surface area contributed by atoms with Crippen LogP contribution in [0.5, 0.6) is 0 Å². The Bertz CT molecular complexity index is 746. The third-order valence-corrected chi connectivity index (χ3v) is 7.15. The van der Waals surface area contributed by atoms with Gasteiger partial charge in [0.1, 0.15) is 17.3 Å². The molecule has 2 fully saturated rings. The maximum absolute atomic E-state index is 14.4. The summed E-state index contributed by atoms with van der Waals surface area (Å²) in [5.41, 5.74) is -1.49.